The Bertz CT molecular complexity index is 975. The summed E-state index contributed by atoms with van der Waals surface area (Å²) in [6, 6.07) is 16.7. The average Bonchev–Trinajstić information content (AvgIpc) is 3.10. The van der Waals surface area contributed by atoms with Gasteiger partial charge in [-0.3, -0.25) is 9.59 Å². The van der Waals surface area contributed by atoms with Crippen molar-refractivity contribution in [3.63, 3.8) is 0 Å². The fourth-order valence-corrected chi connectivity index (χ4v) is 2.82. The zero-order valence-electron chi connectivity index (χ0n) is 13.4. The molecule has 2 aromatic carbocycles. The third-order valence-electron chi connectivity index (χ3n) is 4.11. The second kappa shape index (κ2) is 6.24. The molecule has 0 spiro atoms. The van der Waals surface area contributed by atoms with Crippen LogP contribution in [-0.2, 0) is 9.59 Å². The van der Waals surface area contributed by atoms with Crippen molar-refractivity contribution in [2.24, 2.45) is 5.10 Å². The molecule has 0 atom stereocenters. The van der Waals surface area contributed by atoms with Gasteiger partial charge in [-0.05, 0) is 36.4 Å². The first-order chi connectivity index (χ1) is 12.2. The third kappa shape index (κ3) is 3.01. The van der Waals surface area contributed by atoms with Gasteiger partial charge < -0.3 is 10.3 Å². The van der Waals surface area contributed by atoms with Crippen LogP contribution in [0, 0.1) is 0 Å². The van der Waals surface area contributed by atoms with Gasteiger partial charge in [0.2, 0.25) is 5.91 Å². The highest BCUT2D eigenvalue weighted by Gasteiger charge is 2.25. The molecule has 0 saturated heterocycles. The number of amides is 2. The monoisotopic (exact) mass is 332 g/mol. The number of carbonyl (C=O) groups excluding carboxylic acids is 2. The highest BCUT2D eigenvalue weighted by atomic mass is 16.2. The van der Waals surface area contributed by atoms with Crippen LogP contribution in [0.3, 0.4) is 0 Å². The van der Waals surface area contributed by atoms with E-state index < -0.39 is 0 Å². The summed E-state index contributed by atoms with van der Waals surface area (Å²) in [6.45, 7) is 0. The number of anilines is 2. The first-order valence-electron chi connectivity index (χ1n) is 8.05. The van der Waals surface area contributed by atoms with E-state index in [1.165, 1.54) is 5.01 Å². The zero-order chi connectivity index (χ0) is 17.2. The smallest absolute Gasteiger partial charge is 0.271 e. The Morgan fingerprint density at radius 2 is 1.92 bits per heavy atom. The van der Waals surface area contributed by atoms with Crippen LogP contribution < -0.4 is 10.3 Å². The molecule has 0 unspecified atom stereocenters. The molecule has 6 nitrogen and oxygen atoms in total. The molecule has 2 heterocycles. The number of hydrogen-bond acceptors (Lipinski definition) is 3. The Balaban J connectivity index is 1.57. The molecule has 2 amide bonds. The van der Waals surface area contributed by atoms with Gasteiger partial charge in [0, 0.05) is 35.6 Å². The minimum Gasteiger partial charge on any atom is -0.361 e. The zero-order valence-corrected chi connectivity index (χ0v) is 13.4. The molecule has 1 aliphatic heterocycles. The molecule has 25 heavy (non-hydrogen) atoms. The highest BCUT2D eigenvalue weighted by molar-refractivity contribution is 6.44. The minimum atomic E-state index is -0.289. The molecule has 1 aromatic heterocycles. The van der Waals surface area contributed by atoms with Crippen molar-refractivity contribution in [3.8, 4) is 0 Å². The molecule has 0 radical (unpaired) electrons. The Morgan fingerprint density at radius 1 is 1.08 bits per heavy atom. The molecule has 3 aromatic rings. The number of aromatic amines is 1. The number of aromatic nitrogens is 1. The third-order valence-corrected chi connectivity index (χ3v) is 4.11. The van der Waals surface area contributed by atoms with Crippen molar-refractivity contribution in [1.29, 1.82) is 0 Å². The molecule has 1 aliphatic rings. The van der Waals surface area contributed by atoms with E-state index in [-0.39, 0.29) is 18.2 Å². The molecule has 0 saturated carbocycles. The van der Waals surface area contributed by atoms with Crippen LogP contribution in [0.15, 0.2) is 65.9 Å². The minimum absolute atomic E-state index is 0.114. The second-order valence-electron chi connectivity index (χ2n) is 5.82. The molecular formula is C19H16N4O2. The summed E-state index contributed by atoms with van der Waals surface area (Å²) in [7, 11) is 0. The molecule has 4 rings (SSSR count). The Hall–Kier alpha value is -3.41. The fourth-order valence-electron chi connectivity index (χ4n) is 2.82. The molecule has 0 fully saturated rings. The van der Waals surface area contributed by atoms with E-state index in [1.807, 2.05) is 48.7 Å². The lowest BCUT2D eigenvalue weighted by atomic mass is 10.1. The Kier molecular flexibility index (Phi) is 3.78. The van der Waals surface area contributed by atoms with Crippen LogP contribution in [0.1, 0.15) is 12.8 Å². The van der Waals surface area contributed by atoms with E-state index in [2.05, 4.69) is 15.4 Å². The van der Waals surface area contributed by atoms with Crippen molar-refractivity contribution in [2.75, 3.05) is 10.3 Å². The number of H-pyrrole nitrogens is 1. The first kappa shape index (κ1) is 15.1. The van der Waals surface area contributed by atoms with Crippen LogP contribution in [-0.4, -0.2) is 22.5 Å². The topological polar surface area (TPSA) is 77.6 Å². The van der Waals surface area contributed by atoms with E-state index in [4.69, 9.17) is 0 Å². The second-order valence-corrected chi connectivity index (χ2v) is 5.82. The number of rotatable bonds is 3. The lowest BCUT2D eigenvalue weighted by Crippen LogP contribution is -2.36. The summed E-state index contributed by atoms with van der Waals surface area (Å²) in [5, 5.41) is 9.44. The molecule has 0 bridgehead atoms. The van der Waals surface area contributed by atoms with Crippen molar-refractivity contribution in [1.82, 2.24) is 4.98 Å². The standard InChI is InChI=1S/C19H16N4O2/c24-18-9-8-17(22-23(18)15-4-2-1-3-5-15)19(25)21-14-6-7-16-13(12-14)10-11-20-16/h1-7,10-12,20H,8-9H2,(H,21,25). The number of nitrogens with zero attached hydrogens (tertiary/aromatic N) is 2. The number of fused-ring (bicyclic) bond motifs is 1. The van der Waals surface area contributed by atoms with E-state index in [9.17, 15) is 9.59 Å². The van der Waals surface area contributed by atoms with Gasteiger partial charge in [-0.2, -0.15) is 5.10 Å². The number of hydrazone groups is 1. The largest absolute Gasteiger partial charge is 0.361 e. The lowest BCUT2D eigenvalue weighted by Gasteiger charge is -2.23. The van der Waals surface area contributed by atoms with Gasteiger partial charge >= 0.3 is 0 Å². The molecular weight excluding hydrogens is 316 g/mol. The molecule has 0 aliphatic carbocycles. The van der Waals surface area contributed by atoms with E-state index in [0.717, 1.165) is 10.9 Å². The summed E-state index contributed by atoms with van der Waals surface area (Å²) in [4.78, 5) is 27.8. The average molecular weight is 332 g/mol. The van der Waals surface area contributed by atoms with Gasteiger partial charge in [0.05, 0.1) is 5.69 Å². The number of para-hydroxylation sites is 1. The maximum absolute atomic E-state index is 12.5. The van der Waals surface area contributed by atoms with E-state index in [1.54, 1.807) is 12.1 Å². The van der Waals surface area contributed by atoms with Gasteiger partial charge in [0.15, 0.2) is 0 Å². The van der Waals surface area contributed by atoms with Crippen LogP contribution in [0.2, 0.25) is 0 Å². The maximum Gasteiger partial charge on any atom is 0.271 e. The summed E-state index contributed by atoms with van der Waals surface area (Å²) < 4.78 is 0. The van der Waals surface area contributed by atoms with E-state index in [0.29, 0.717) is 23.5 Å². The summed E-state index contributed by atoms with van der Waals surface area (Å²) in [6.07, 6.45) is 2.45. The van der Waals surface area contributed by atoms with Crippen molar-refractivity contribution in [2.45, 2.75) is 12.8 Å². The predicted molar refractivity (Wildman–Crippen MR) is 97.5 cm³/mol. The molecule has 6 heteroatoms. The maximum atomic E-state index is 12.5. The van der Waals surface area contributed by atoms with Crippen molar-refractivity contribution in [3.05, 3.63) is 60.8 Å². The number of carbonyl (C=O) groups is 2. The molecule has 124 valence electrons. The van der Waals surface area contributed by atoms with Crippen LogP contribution in [0.5, 0.6) is 0 Å². The number of hydrogen-bond donors (Lipinski definition) is 2. The normalized spacial score (nSPS) is 14.5. The van der Waals surface area contributed by atoms with Gasteiger partial charge in [-0.1, -0.05) is 18.2 Å². The summed E-state index contributed by atoms with van der Waals surface area (Å²) in [5.41, 5.74) is 2.71. The summed E-state index contributed by atoms with van der Waals surface area (Å²) in [5.74, 6) is -0.403. The van der Waals surface area contributed by atoms with Crippen LogP contribution in [0.4, 0.5) is 11.4 Å². The first-order valence-corrected chi connectivity index (χ1v) is 8.05. The predicted octanol–water partition coefficient (Wildman–Crippen LogP) is 3.29. The van der Waals surface area contributed by atoms with Crippen molar-refractivity contribution < 1.29 is 9.59 Å². The number of benzene rings is 2. The van der Waals surface area contributed by atoms with Gasteiger partial charge in [0.25, 0.3) is 5.91 Å². The quantitative estimate of drug-likeness (QED) is 0.772. The van der Waals surface area contributed by atoms with Crippen LogP contribution >= 0.6 is 0 Å². The fraction of sp³-hybridized carbons (Fsp3) is 0.105. The van der Waals surface area contributed by atoms with Gasteiger partial charge in [-0.25, -0.2) is 5.01 Å². The van der Waals surface area contributed by atoms with E-state index >= 15 is 0 Å². The summed E-state index contributed by atoms with van der Waals surface area (Å²) >= 11 is 0. The van der Waals surface area contributed by atoms with Gasteiger partial charge in [0.1, 0.15) is 5.71 Å². The number of nitrogens with one attached hydrogen (secondary N) is 2. The van der Waals surface area contributed by atoms with Crippen molar-refractivity contribution >= 4 is 39.8 Å². The Morgan fingerprint density at radius 3 is 2.76 bits per heavy atom. The highest BCUT2D eigenvalue weighted by Crippen LogP contribution is 2.21. The van der Waals surface area contributed by atoms with Gasteiger partial charge in [-0.15, -0.1) is 0 Å². The lowest BCUT2D eigenvalue weighted by molar-refractivity contribution is -0.118. The SMILES string of the molecule is O=C(Nc1ccc2[nH]ccc2c1)C1=NN(c2ccccc2)C(=O)CC1. The van der Waals surface area contributed by atoms with Crippen LogP contribution in [0.25, 0.3) is 10.9 Å². The molecule has 2 N–H and O–H groups in total. The Labute approximate surface area is 144 Å².